The van der Waals surface area contributed by atoms with Crippen LogP contribution in [0.3, 0.4) is 0 Å². The summed E-state index contributed by atoms with van der Waals surface area (Å²) in [4.78, 5) is 27.7. The van der Waals surface area contributed by atoms with Crippen LogP contribution in [0, 0.1) is 11.3 Å². The zero-order chi connectivity index (χ0) is 19.4. The van der Waals surface area contributed by atoms with Gasteiger partial charge in [0.2, 0.25) is 0 Å². The molecule has 0 bridgehead atoms. The molecule has 1 aliphatic heterocycles. The van der Waals surface area contributed by atoms with Gasteiger partial charge in [-0.2, -0.15) is 5.26 Å². The van der Waals surface area contributed by atoms with E-state index in [1.165, 1.54) is 6.26 Å². The highest BCUT2D eigenvalue weighted by atomic mass is 35.5. The predicted octanol–water partition coefficient (Wildman–Crippen LogP) is 1.17. The number of hydrogen-bond acceptors (Lipinski definition) is 4. The number of carbonyl (C=O) groups excluding carboxylic acids is 2. The molecule has 0 saturated carbocycles. The van der Waals surface area contributed by atoms with Gasteiger partial charge in [-0.3, -0.25) is 9.59 Å². The second-order valence-electron chi connectivity index (χ2n) is 6.45. The standard InChI is InChI=1S/C19H19ClN4O3/c1-13(18(25)22-15-5-4-14(12-21)16(20)11-15)23-6-8-24(9-7-23)19(26)17-3-2-10-27-17/h2-5,10-11,13H,6-9H2,1H3,(H,22,25)/p+1/t13-/m0/s1. The fourth-order valence-electron chi connectivity index (χ4n) is 3.11. The summed E-state index contributed by atoms with van der Waals surface area (Å²) in [5, 5.41) is 12.1. The highest BCUT2D eigenvalue weighted by Gasteiger charge is 2.31. The van der Waals surface area contributed by atoms with Crippen LogP contribution in [-0.2, 0) is 4.79 Å². The summed E-state index contributed by atoms with van der Waals surface area (Å²) in [5.41, 5.74) is 0.924. The van der Waals surface area contributed by atoms with Crippen LogP contribution in [0.15, 0.2) is 41.0 Å². The van der Waals surface area contributed by atoms with Gasteiger partial charge in [0.1, 0.15) is 6.07 Å². The van der Waals surface area contributed by atoms with Gasteiger partial charge in [0.15, 0.2) is 11.8 Å². The van der Waals surface area contributed by atoms with E-state index in [4.69, 9.17) is 21.3 Å². The molecule has 140 valence electrons. The molecule has 8 heteroatoms. The fourth-order valence-corrected chi connectivity index (χ4v) is 3.33. The van der Waals surface area contributed by atoms with Crippen molar-refractivity contribution in [3.8, 4) is 6.07 Å². The number of quaternary nitrogens is 1. The van der Waals surface area contributed by atoms with Crippen molar-refractivity contribution in [2.45, 2.75) is 13.0 Å². The molecule has 3 rings (SSSR count). The lowest BCUT2D eigenvalue weighted by atomic mass is 10.2. The minimum Gasteiger partial charge on any atom is -0.459 e. The Balaban J connectivity index is 1.55. The molecule has 1 aromatic carbocycles. The van der Waals surface area contributed by atoms with Gasteiger partial charge in [-0.1, -0.05) is 11.6 Å². The van der Waals surface area contributed by atoms with E-state index in [9.17, 15) is 9.59 Å². The van der Waals surface area contributed by atoms with Crippen molar-refractivity contribution < 1.29 is 18.9 Å². The maximum atomic E-state index is 12.5. The number of amides is 2. The summed E-state index contributed by atoms with van der Waals surface area (Å²) >= 11 is 6.01. The number of nitriles is 1. The zero-order valence-corrected chi connectivity index (χ0v) is 15.6. The summed E-state index contributed by atoms with van der Waals surface area (Å²) in [6.07, 6.45) is 1.48. The van der Waals surface area contributed by atoms with E-state index < -0.39 is 0 Å². The molecule has 1 aromatic heterocycles. The van der Waals surface area contributed by atoms with Crippen molar-refractivity contribution in [1.29, 1.82) is 5.26 Å². The van der Waals surface area contributed by atoms with Gasteiger partial charge in [0.05, 0.1) is 43.0 Å². The normalized spacial score (nSPS) is 15.8. The molecule has 2 heterocycles. The van der Waals surface area contributed by atoms with E-state index in [1.54, 1.807) is 35.2 Å². The summed E-state index contributed by atoms with van der Waals surface area (Å²) in [7, 11) is 0. The number of rotatable bonds is 4. The lowest BCUT2D eigenvalue weighted by molar-refractivity contribution is -0.917. The van der Waals surface area contributed by atoms with Gasteiger partial charge in [-0.15, -0.1) is 0 Å². The minimum atomic E-state index is -0.278. The molecular weight excluding hydrogens is 368 g/mol. The van der Waals surface area contributed by atoms with Crippen molar-refractivity contribution in [3.05, 3.63) is 52.9 Å². The van der Waals surface area contributed by atoms with Crippen LogP contribution in [0.1, 0.15) is 23.0 Å². The number of anilines is 1. The summed E-state index contributed by atoms with van der Waals surface area (Å²) in [5.74, 6) is 0.0851. The summed E-state index contributed by atoms with van der Waals surface area (Å²) in [6.45, 7) is 4.34. The van der Waals surface area contributed by atoms with Crippen molar-refractivity contribution in [1.82, 2.24) is 4.90 Å². The smallest absolute Gasteiger partial charge is 0.289 e. The first-order valence-corrected chi connectivity index (χ1v) is 9.05. The Labute approximate surface area is 162 Å². The summed E-state index contributed by atoms with van der Waals surface area (Å²) in [6, 6.07) is 9.86. The molecule has 0 spiro atoms. The molecule has 1 atom stereocenters. The number of halogens is 1. The number of hydrogen-bond donors (Lipinski definition) is 2. The van der Waals surface area contributed by atoms with Gasteiger partial charge in [-0.25, -0.2) is 0 Å². The van der Waals surface area contributed by atoms with Gasteiger partial charge >= 0.3 is 0 Å². The fraction of sp³-hybridized carbons (Fsp3) is 0.316. The highest BCUT2D eigenvalue weighted by molar-refractivity contribution is 6.32. The molecule has 2 N–H and O–H groups in total. The molecule has 0 radical (unpaired) electrons. The molecule has 1 aliphatic rings. The quantitative estimate of drug-likeness (QED) is 0.824. The van der Waals surface area contributed by atoms with E-state index in [0.717, 1.165) is 4.90 Å². The Kier molecular flexibility index (Phi) is 5.79. The predicted molar refractivity (Wildman–Crippen MR) is 99.6 cm³/mol. The SMILES string of the molecule is C[C@@H](C(=O)Nc1ccc(C#N)c(Cl)c1)[NH+]1CCN(C(=O)c2ccco2)CC1. The van der Waals surface area contributed by atoms with Crippen molar-refractivity contribution in [2.75, 3.05) is 31.5 Å². The molecule has 27 heavy (non-hydrogen) atoms. The molecule has 2 aromatic rings. The zero-order valence-electron chi connectivity index (χ0n) is 14.9. The van der Waals surface area contributed by atoms with E-state index in [1.807, 2.05) is 13.0 Å². The van der Waals surface area contributed by atoms with Crippen LogP contribution in [0.2, 0.25) is 5.02 Å². The Bertz CT molecular complexity index is 868. The topological polar surface area (TPSA) is 90.8 Å². The van der Waals surface area contributed by atoms with E-state index >= 15 is 0 Å². The molecule has 2 amide bonds. The second kappa shape index (κ2) is 8.25. The number of furan rings is 1. The van der Waals surface area contributed by atoms with Gasteiger partial charge < -0.3 is 19.5 Å². The van der Waals surface area contributed by atoms with Crippen molar-refractivity contribution in [2.24, 2.45) is 0 Å². The lowest BCUT2D eigenvalue weighted by Gasteiger charge is -2.34. The maximum absolute atomic E-state index is 12.5. The Hall–Kier alpha value is -2.82. The maximum Gasteiger partial charge on any atom is 0.289 e. The molecular formula is C19H20ClN4O3+. The van der Waals surface area contributed by atoms with Gasteiger partial charge in [0.25, 0.3) is 11.8 Å². The monoisotopic (exact) mass is 387 g/mol. The number of piperazine rings is 1. The van der Waals surface area contributed by atoms with Crippen LogP contribution in [-0.4, -0.2) is 48.9 Å². The minimum absolute atomic E-state index is 0.122. The van der Waals surface area contributed by atoms with Crippen LogP contribution < -0.4 is 10.2 Å². The average molecular weight is 388 g/mol. The van der Waals surface area contributed by atoms with E-state index in [0.29, 0.717) is 48.2 Å². The van der Waals surface area contributed by atoms with Crippen molar-refractivity contribution >= 4 is 29.1 Å². The number of benzene rings is 1. The molecule has 7 nitrogen and oxygen atoms in total. The highest BCUT2D eigenvalue weighted by Crippen LogP contribution is 2.20. The first-order chi connectivity index (χ1) is 13.0. The largest absolute Gasteiger partial charge is 0.459 e. The Morgan fingerprint density at radius 3 is 2.67 bits per heavy atom. The van der Waals surface area contributed by atoms with Crippen LogP contribution in [0.5, 0.6) is 0 Å². The third kappa shape index (κ3) is 4.30. The molecule has 0 unspecified atom stereocenters. The summed E-state index contributed by atoms with van der Waals surface area (Å²) < 4.78 is 5.16. The average Bonchev–Trinajstić information content (AvgIpc) is 3.22. The molecule has 1 saturated heterocycles. The molecule has 1 fully saturated rings. The number of carbonyl (C=O) groups is 2. The Morgan fingerprint density at radius 1 is 1.33 bits per heavy atom. The van der Waals surface area contributed by atoms with Gasteiger partial charge in [-0.05, 0) is 37.3 Å². The van der Waals surface area contributed by atoms with Crippen LogP contribution in [0.4, 0.5) is 5.69 Å². The van der Waals surface area contributed by atoms with Crippen LogP contribution >= 0.6 is 11.6 Å². The van der Waals surface area contributed by atoms with Crippen LogP contribution in [0.25, 0.3) is 0 Å². The van der Waals surface area contributed by atoms with E-state index in [-0.39, 0.29) is 17.9 Å². The first kappa shape index (κ1) is 19.0. The number of nitrogens with one attached hydrogen (secondary N) is 2. The van der Waals surface area contributed by atoms with Crippen molar-refractivity contribution in [3.63, 3.8) is 0 Å². The lowest BCUT2D eigenvalue weighted by Crippen LogP contribution is -3.19. The third-order valence-electron chi connectivity index (χ3n) is 4.79. The van der Waals surface area contributed by atoms with E-state index in [2.05, 4.69) is 5.32 Å². The third-order valence-corrected chi connectivity index (χ3v) is 5.10. The Morgan fingerprint density at radius 2 is 2.07 bits per heavy atom. The number of nitrogens with zero attached hydrogens (tertiary/aromatic N) is 2. The second-order valence-corrected chi connectivity index (χ2v) is 6.85. The molecule has 0 aliphatic carbocycles. The van der Waals surface area contributed by atoms with Gasteiger partial charge in [0, 0.05) is 5.69 Å². The first-order valence-electron chi connectivity index (χ1n) is 8.67.